The number of nitriles is 1. The van der Waals surface area contributed by atoms with Crippen LogP contribution < -0.4 is 5.32 Å². The third kappa shape index (κ3) is 4.08. The zero-order valence-corrected chi connectivity index (χ0v) is 13.6. The van der Waals surface area contributed by atoms with Crippen LogP contribution in [0.5, 0.6) is 0 Å². The SMILES string of the molecule is CCCC(=O)OCC(=O)Nc1sc2c(c1C#N)CCCCC2. The standard InChI is InChI=1S/C16H20N2O3S/c1-2-6-15(20)21-10-14(19)18-16-12(9-17)11-7-4-3-5-8-13(11)22-16/h2-8,10H2,1H3,(H,18,19). The van der Waals surface area contributed by atoms with Crippen LogP contribution in [-0.4, -0.2) is 18.5 Å². The van der Waals surface area contributed by atoms with Crippen molar-refractivity contribution in [1.82, 2.24) is 0 Å². The summed E-state index contributed by atoms with van der Waals surface area (Å²) in [6, 6.07) is 2.21. The molecule has 1 aliphatic carbocycles. The normalized spacial score (nSPS) is 13.6. The van der Waals surface area contributed by atoms with E-state index in [0.29, 0.717) is 23.4 Å². The summed E-state index contributed by atoms with van der Waals surface area (Å²) in [6.07, 6.45) is 6.26. The minimum Gasteiger partial charge on any atom is -0.456 e. The quantitative estimate of drug-likeness (QED) is 0.667. The van der Waals surface area contributed by atoms with Crippen molar-refractivity contribution in [1.29, 1.82) is 5.26 Å². The molecule has 0 saturated carbocycles. The summed E-state index contributed by atoms with van der Waals surface area (Å²) in [4.78, 5) is 24.3. The maximum atomic E-state index is 11.9. The molecule has 1 aromatic rings. The van der Waals surface area contributed by atoms with Gasteiger partial charge in [-0.25, -0.2) is 0 Å². The number of hydrogen-bond donors (Lipinski definition) is 1. The van der Waals surface area contributed by atoms with Crippen LogP contribution in [0.25, 0.3) is 0 Å². The van der Waals surface area contributed by atoms with E-state index in [1.165, 1.54) is 22.6 Å². The summed E-state index contributed by atoms with van der Waals surface area (Å²) in [5.74, 6) is -0.766. The molecule has 1 aromatic heterocycles. The molecule has 1 heterocycles. The number of anilines is 1. The number of fused-ring (bicyclic) bond motifs is 1. The van der Waals surface area contributed by atoms with Crippen LogP contribution >= 0.6 is 11.3 Å². The van der Waals surface area contributed by atoms with Crippen molar-refractivity contribution >= 4 is 28.2 Å². The van der Waals surface area contributed by atoms with E-state index in [1.807, 2.05) is 6.92 Å². The highest BCUT2D eigenvalue weighted by Crippen LogP contribution is 2.36. The van der Waals surface area contributed by atoms with Crippen LogP contribution in [0.3, 0.4) is 0 Å². The minimum absolute atomic E-state index is 0.299. The molecular formula is C16H20N2O3S. The fourth-order valence-electron chi connectivity index (χ4n) is 2.53. The Bertz CT molecular complexity index is 601. The maximum Gasteiger partial charge on any atom is 0.306 e. The predicted molar refractivity (Wildman–Crippen MR) is 84.8 cm³/mol. The van der Waals surface area contributed by atoms with Gasteiger partial charge in [-0.05, 0) is 37.7 Å². The molecule has 0 fully saturated rings. The van der Waals surface area contributed by atoms with Crippen LogP contribution in [0.2, 0.25) is 0 Å². The molecule has 118 valence electrons. The van der Waals surface area contributed by atoms with Crippen molar-refractivity contribution in [2.45, 2.75) is 51.9 Å². The van der Waals surface area contributed by atoms with Gasteiger partial charge in [0.25, 0.3) is 5.91 Å². The first-order chi connectivity index (χ1) is 10.7. The largest absolute Gasteiger partial charge is 0.456 e. The monoisotopic (exact) mass is 320 g/mol. The lowest BCUT2D eigenvalue weighted by molar-refractivity contribution is -0.147. The highest BCUT2D eigenvalue weighted by atomic mass is 32.1. The number of thiophene rings is 1. The molecular weight excluding hydrogens is 300 g/mol. The predicted octanol–water partition coefficient (Wildman–Crippen LogP) is 3.17. The molecule has 0 radical (unpaired) electrons. The van der Waals surface area contributed by atoms with Gasteiger partial charge in [0.05, 0.1) is 5.56 Å². The Morgan fingerprint density at radius 3 is 2.82 bits per heavy atom. The number of amides is 1. The lowest BCUT2D eigenvalue weighted by atomic mass is 10.1. The zero-order chi connectivity index (χ0) is 15.9. The molecule has 0 spiro atoms. The average molecular weight is 320 g/mol. The molecule has 0 aliphatic heterocycles. The number of rotatable bonds is 5. The first-order valence-corrected chi connectivity index (χ1v) is 8.47. The van der Waals surface area contributed by atoms with E-state index in [-0.39, 0.29) is 12.6 Å². The molecule has 2 rings (SSSR count). The average Bonchev–Trinajstić information content (AvgIpc) is 2.66. The van der Waals surface area contributed by atoms with E-state index >= 15 is 0 Å². The number of carbonyl (C=O) groups is 2. The van der Waals surface area contributed by atoms with E-state index < -0.39 is 5.91 Å². The number of aryl methyl sites for hydroxylation is 1. The van der Waals surface area contributed by atoms with E-state index in [4.69, 9.17) is 4.74 Å². The first-order valence-electron chi connectivity index (χ1n) is 7.65. The Balaban J connectivity index is 2.02. The molecule has 0 aromatic carbocycles. The molecule has 0 unspecified atom stereocenters. The fourth-order valence-corrected chi connectivity index (χ4v) is 3.79. The lowest BCUT2D eigenvalue weighted by Crippen LogP contribution is -2.20. The minimum atomic E-state index is -0.391. The highest BCUT2D eigenvalue weighted by Gasteiger charge is 2.21. The van der Waals surface area contributed by atoms with Crippen LogP contribution in [0.4, 0.5) is 5.00 Å². The summed E-state index contributed by atoms with van der Waals surface area (Å²) >= 11 is 1.48. The first kappa shape index (κ1) is 16.5. The highest BCUT2D eigenvalue weighted by molar-refractivity contribution is 7.16. The molecule has 0 atom stereocenters. The summed E-state index contributed by atoms with van der Waals surface area (Å²) in [7, 11) is 0. The van der Waals surface area contributed by atoms with Crippen LogP contribution in [-0.2, 0) is 27.2 Å². The van der Waals surface area contributed by atoms with Crippen LogP contribution in [0.15, 0.2) is 0 Å². The number of esters is 1. The van der Waals surface area contributed by atoms with Gasteiger partial charge >= 0.3 is 5.97 Å². The van der Waals surface area contributed by atoms with Gasteiger partial charge in [-0.2, -0.15) is 5.26 Å². The number of hydrogen-bond acceptors (Lipinski definition) is 5. The summed E-state index contributed by atoms with van der Waals surface area (Å²) < 4.78 is 4.88. The third-order valence-corrected chi connectivity index (χ3v) is 4.81. The second kappa shape index (κ2) is 7.95. The van der Waals surface area contributed by atoms with Crippen LogP contribution in [0.1, 0.15) is 55.0 Å². The molecule has 0 saturated heterocycles. The number of ether oxygens (including phenoxy) is 1. The third-order valence-electron chi connectivity index (χ3n) is 3.60. The van der Waals surface area contributed by atoms with Crippen molar-refractivity contribution in [2.24, 2.45) is 0 Å². The van der Waals surface area contributed by atoms with E-state index in [9.17, 15) is 14.9 Å². The Labute approximate surface area is 134 Å². The zero-order valence-electron chi connectivity index (χ0n) is 12.7. The Hall–Kier alpha value is -1.87. The maximum absolute atomic E-state index is 11.9. The van der Waals surface area contributed by atoms with Crippen molar-refractivity contribution in [3.8, 4) is 6.07 Å². The molecule has 6 heteroatoms. The second-order valence-corrected chi connectivity index (χ2v) is 6.44. The molecule has 22 heavy (non-hydrogen) atoms. The smallest absolute Gasteiger partial charge is 0.306 e. The van der Waals surface area contributed by atoms with Gasteiger partial charge < -0.3 is 10.1 Å². The molecule has 1 amide bonds. The van der Waals surface area contributed by atoms with Gasteiger partial charge in [-0.1, -0.05) is 13.3 Å². The van der Waals surface area contributed by atoms with Crippen molar-refractivity contribution in [3.05, 3.63) is 16.0 Å². The Kier molecular flexibility index (Phi) is 5.96. The van der Waals surface area contributed by atoms with Gasteiger partial charge in [-0.3, -0.25) is 9.59 Å². The van der Waals surface area contributed by atoms with E-state index in [2.05, 4.69) is 11.4 Å². The number of carbonyl (C=O) groups excluding carboxylic acids is 2. The van der Waals surface area contributed by atoms with Crippen LogP contribution in [0, 0.1) is 11.3 Å². The Morgan fingerprint density at radius 1 is 1.32 bits per heavy atom. The van der Waals surface area contributed by atoms with Crippen molar-refractivity contribution < 1.29 is 14.3 Å². The molecule has 1 N–H and O–H groups in total. The lowest BCUT2D eigenvalue weighted by Gasteiger charge is -2.05. The topological polar surface area (TPSA) is 79.2 Å². The summed E-state index contributed by atoms with van der Waals surface area (Å²) in [5.41, 5.74) is 1.67. The van der Waals surface area contributed by atoms with Gasteiger partial charge in [0.2, 0.25) is 0 Å². The fraction of sp³-hybridized carbons (Fsp3) is 0.562. The second-order valence-electron chi connectivity index (χ2n) is 5.34. The molecule has 1 aliphatic rings. The summed E-state index contributed by atoms with van der Waals surface area (Å²) in [6.45, 7) is 1.57. The Morgan fingerprint density at radius 2 is 2.09 bits per heavy atom. The van der Waals surface area contributed by atoms with Gasteiger partial charge in [0.1, 0.15) is 11.1 Å². The molecule has 0 bridgehead atoms. The van der Waals surface area contributed by atoms with E-state index in [0.717, 1.165) is 31.2 Å². The van der Waals surface area contributed by atoms with Crippen molar-refractivity contribution in [2.75, 3.05) is 11.9 Å². The van der Waals surface area contributed by atoms with Crippen molar-refractivity contribution in [3.63, 3.8) is 0 Å². The molecule has 5 nitrogen and oxygen atoms in total. The summed E-state index contributed by atoms with van der Waals surface area (Å²) in [5, 5.41) is 12.7. The number of nitrogens with one attached hydrogen (secondary N) is 1. The number of nitrogens with zero attached hydrogens (tertiary/aromatic N) is 1. The van der Waals surface area contributed by atoms with Gasteiger partial charge in [0.15, 0.2) is 6.61 Å². The van der Waals surface area contributed by atoms with E-state index in [1.54, 1.807) is 0 Å². The van der Waals surface area contributed by atoms with Gasteiger partial charge in [0, 0.05) is 11.3 Å². The van der Waals surface area contributed by atoms with Gasteiger partial charge in [-0.15, -0.1) is 11.3 Å².